The summed E-state index contributed by atoms with van der Waals surface area (Å²) in [6.07, 6.45) is 4.79. The number of rotatable bonds is 8. The fourth-order valence-electron chi connectivity index (χ4n) is 4.41. The highest BCUT2D eigenvalue weighted by molar-refractivity contribution is 7.90. The molecular formula is C27H29F2N7O2S. The standard InChI is InChI=1S/C27H29F2N7O2S/c1-3-34(2)39(37,38)33-25-17-20(28)16-23(26(25)29)24-18-36(32-27(24)19-8-10-30-11-9-19)22-6-4-21(5-7-22)35-14-12-31-13-15-35/h4-11,16-18,31,33H,3,12-15H2,1-2H3. The van der Waals surface area contributed by atoms with E-state index in [0.717, 1.165) is 54.0 Å². The number of aromatic nitrogens is 3. The Morgan fingerprint density at radius 2 is 1.67 bits per heavy atom. The molecule has 0 saturated carbocycles. The molecule has 2 N–H and O–H groups in total. The first-order valence-corrected chi connectivity index (χ1v) is 14.0. The fourth-order valence-corrected chi connectivity index (χ4v) is 5.33. The van der Waals surface area contributed by atoms with Crippen molar-refractivity contribution in [3.05, 3.63) is 78.8 Å². The Morgan fingerprint density at radius 3 is 2.33 bits per heavy atom. The molecule has 2 aromatic heterocycles. The monoisotopic (exact) mass is 553 g/mol. The van der Waals surface area contributed by atoms with Gasteiger partial charge in [0, 0.05) is 86.8 Å². The third kappa shape index (κ3) is 5.63. The quantitative estimate of drug-likeness (QED) is 0.344. The fraction of sp³-hybridized carbons (Fsp3) is 0.259. The molecule has 1 aliphatic heterocycles. The van der Waals surface area contributed by atoms with Gasteiger partial charge in [0.25, 0.3) is 0 Å². The molecule has 2 aromatic carbocycles. The molecule has 204 valence electrons. The number of benzene rings is 2. The van der Waals surface area contributed by atoms with Crippen molar-refractivity contribution in [1.29, 1.82) is 0 Å². The highest BCUT2D eigenvalue weighted by Gasteiger charge is 2.24. The van der Waals surface area contributed by atoms with Crippen molar-refractivity contribution < 1.29 is 17.2 Å². The Bertz CT molecular complexity index is 1560. The van der Waals surface area contributed by atoms with E-state index in [2.05, 4.69) is 19.9 Å². The Balaban J connectivity index is 1.58. The molecule has 4 aromatic rings. The average Bonchev–Trinajstić information content (AvgIpc) is 3.40. The van der Waals surface area contributed by atoms with Crippen LogP contribution in [0.5, 0.6) is 0 Å². The lowest BCUT2D eigenvalue weighted by molar-refractivity contribution is 0.491. The summed E-state index contributed by atoms with van der Waals surface area (Å²) in [5.41, 5.74) is 2.56. The van der Waals surface area contributed by atoms with Crippen LogP contribution in [0.1, 0.15) is 6.92 Å². The van der Waals surface area contributed by atoms with Gasteiger partial charge in [-0.25, -0.2) is 13.5 Å². The number of anilines is 2. The smallest absolute Gasteiger partial charge is 0.301 e. The van der Waals surface area contributed by atoms with E-state index < -0.39 is 27.5 Å². The van der Waals surface area contributed by atoms with Gasteiger partial charge in [-0.05, 0) is 42.5 Å². The Hall–Kier alpha value is -3.87. The lowest BCUT2D eigenvalue weighted by Gasteiger charge is -2.29. The van der Waals surface area contributed by atoms with Gasteiger partial charge in [-0.3, -0.25) is 9.71 Å². The van der Waals surface area contributed by atoms with E-state index >= 15 is 4.39 Å². The maximum Gasteiger partial charge on any atom is 0.301 e. The minimum Gasteiger partial charge on any atom is -0.369 e. The number of halogens is 2. The van der Waals surface area contributed by atoms with Gasteiger partial charge in [0.15, 0.2) is 5.82 Å². The predicted octanol–water partition coefficient (Wildman–Crippen LogP) is 3.90. The minimum absolute atomic E-state index is 0.123. The summed E-state index contributed by atoms with van der Waals surface area (Å²) in [4.78, 5) is 6.33. The summed E-state index contributed by atoms with van der Waals surface area (Å²) in [7, 11) is -2.73. The zero-order chi connectivity index (χ0) is 27.6. The molecule has 39 heavy (non-hydrogen) atoms. The number of nitrogens with one attached hydrogen (secondary N) is 2. The second-order valence-corrected chi connectivity index (χ2v) is 10.9. The van der Waals surface area contributed by atoms with Crippen LogP contribution < -0.4 is 14.9 Å². The zero-order valence-corrected chi connectivity index (χ0v) is 22.4. The largest absolute Gasteiger partial charge is 0.369 e. The molecule has 1 fully saturated rings. The van der Waals surface area contributed by atoms with Gasteiger partial charge in [0.05, 0.1) is 11.4 Å². The van der Waals surface area contributed by atoms with Crippen LogP contribution in [0, 0.1) is 11.6 Å². The number of nitrogens with zero attached hydrogens (tertiary/aromatic N) is 5. The third-order valence-electron chi connectivity index (χ3n) is 6.69. The second kappa shape index (κ2) is 11.1. The van der Waals surface area contributed by atoms with Crippen LogP contribution in [0.4, 0.5) is 20.2 Å². The molecule has 5 rings (SSSR count). The van der Waals surface area contributed by atoms with Crippen molar-refractivity contribution in [3.63, 3.8) is 0 Å². The van der Waals surface area contributed by atoms with Crippen molar-refractivity contribution in [1.82, 2.24) is 24.4 Å². The zero-order valence-electron chi connectivity index (χ0n) is 21.6. The summed E-state index contributed by atoms with van der Waals surface area (Å²) in [6.45, 7) is 5.47. The molecule has 0 amide bonds. The SMILES string of the molecule is CCN(C)S(=O)(=O)Nc1cc(F)cc(-c2cn(-c3ccc(N4CCNCC4)cc3)nc2-c2ccncc2)c1F. The number of hydrogen-bond donors (Lipinski definition) is 2. The molecule has 0 bridgehead atoms. The molecule has 0 spiro atoms. The molecule has 9 nitrogen and oxygen atoms in total. The molecule has 3 heterocycles. The van der Waals surface area contributed by atoms with Crippen LogP contribution in [0.2, 0.25) is 0 Å². The minimum atomic E-state index is -4.08. The van der Waals surface area contributed by atoms with Crippen LogP contribution in [-0.4, -0.2) is 67.3 Å². The summed E-state index contributed by atoms with van der Waals surface area (Å²) in [6, 6.07) is 13.2. The van der Waals surface area contributed by atoms with Crippen molar-refractivity contribution in [2.24, 2.45) is 0 Å². The lowest BCUT2D eigenvalue weighted by atomic mass is 10.0. The topological polar surface area (TPSA) is 95.4 Å². The van der Waals surface area contributed by atoms with Gasteiger partial charge < -0.3 is 10.2 Å². The molecule has 0 atom stereocenters. The maximum absolute atomic E-state index is 15.8. The lowest BCUT2D eigenvalue weighted by Crippen LogP contribution is -2.43. The van der Waals surface area contributed by atoms with Crippen LogP contribution in [-0.2, 0) is 10.2 Å². The van der Waals surface area contributed by atoms with Gasteiger partial charge in [-0.1, -0.05) is 6.92 Å². The maximum atomic E-state index is 15.8. The average molecular weight is 554 g/mol. The second-order valence-electron chi connectivity index (χ2n) is 9.16. The van der Waals surface area contributed by atoms with Gasteiger partial charge in [-0.2, -0.15) is 17.8 Å². The Labute approximate surface area is 226 Å². The third-order valence-corrected chi connectivity index (χ3v) is 8.24. The van der Waals surface area contributed by atoms with Gasteiger partial charge in [-0.15, -0.1) is 0 Å². The summed E-state index contributed by atoms with van der Waals surface area (Å²) in [5, 5.41) is 8.05. The van der Waals surface area contributed by atoms with Crippen LogP contribution in [0.15, 0.2) is 67.1 Å². The number of pyridine rings is 1. The van der Waals surface area contributed by atoms with Gasteiger partial charge >= 0.3 is 10.2 Å². The molecule has 0 aliphatic carbocycles. The molecule has 12 heteroatoms. The molecular weight excluding hydrogens is 524 g/mol. The highest BCUT2D eigenvalue weighted by Crippen LogP contribution is 2.36. The summed E-state index contributed by atoms with van der Waals surface area (Å²) in [5.74, 6) is -1.70. The van der Waals surface area contributed by atoms with Crippen molar-refractivity contribution in [2.75, 3.05) is 49.4 Å². The summed E-state index contributed by atoms with van der Waals surface area (Å²) < 4.78 is 60.5. The van der Waals surface area contributed by atoms with E-state index in [9.17, 15) is 12.8 Å². The Morgan fingerprint density at radius 1 is 1.00 bits per heavy atom. The van der Waals surface area contributed by atoms with Crippen LogP contribution in [0.25, 0.3) is 28.1 Å². The first kappa shape index (κ1) is 26.7. The molecule has 0 radical (unpaired) electrons. The van der Waals surface area contributed by atoms with E-state index in [4.69, 9.17) is 5.10 Å². The summed E-state index contributed by atoms with van der Waals surface area (Å²) >= 11 is 0. The first-order valence-electron chi connectivity index (χ1n) is 12.6. The van der Waals surface area contributed by atoms with E-state index in [1.165, 1.54) is 7.05 Å². The van der Waals surface area contributed by atoms with Crippen LogP contribution >= 0.6 is 0 Å². The first-order chi connectivity index (χ1) is 18.8. The number of hydrogen-bond acceptors (Lipinski definition) is 6. The van der Waals surface area contributed by atoms with Crippen LogP contribution in [0.3, 0.4) is 0 Å². The molecule has 0 unspecified atom stereocenters. The normalized spacial score (nSPS) is 14.1. The molecule has 1 aliphatic rings. The highest BCUT2D eigenvalue weighted by atomic mass is 32.2. The Kier molecular flexibility index (Phi) is 7.60. The predicted molar refractivity (Wildman–Crippen MR) is 148 cm³/mol. The van der Waals surface area contributed by atoms with Crippen molar-refractivity contribution in [2.45, 2.75) is 6.92 Å². The van der Waals surface area contributed by atoms with Crippen molar-refractivity contribution >= 4 is 21.6 Å². The number of piperazine rings is 1. The van der Waals surface area contributed by atoms with Gasteiger partial charge in [0.2, 0.25) is 0 Å². The van der Waals surface area contributed by atoms with Gasteiger partial charge in [0.1, 0.15) is 11.5 Å². The van der Waals surface area contributed by atoms with E-state index in [0.29, 0.717) is 16.8 Å². The molecule has 1 saturated heterocycles. The van der Waals surface area contributed by atoms with E-state index in [-0.39, 0.29) is 12.1 Å². The van der Waals surface area contributed by atoms with E-state index in [1.54, 1.807) is 42.3 Å². The van der Waals surface area contributed by atoms with Crippen molar-refractivity contribution in [3.8, 4) is 28.1 Å². The van der Waals surface area contributed by atoms with E-state index in [1.807, 2.05) is 24.3 Å².